The first-order chi connectivity index (χ1) is 9.86. The van der Waals surface area contributed by atoms with Gasteiger partial charge in [0.05, 0.1) is 0 Å². The van der Waals surface area contributed by atoms with E-state index in [9.17, 15) is 18.0 Å². The molecular formula is C12H6ClF3N4O. The molecule has 0 fully saturated rings. The standard InChI is InChI=1S/C12H6ClF3N4O/c1-5(21)18-12-9(13)7(4-17)19-20(12)8-3-2-6(14)10(15)11(8)16/h2-3H,1H3,(H,18,21). The highest BCUT2D eigenvalue weighted by Crippen LogP contribution is 2.30. The van der Waals surface area contributed by atoms with Crippen LogP contribution in [-0.4, -0.2) is 15.7 Å². The molecule has 0 saturated carbocycles. The molecule has 0 aliphatic rings. The minimum absolute atomic E-state index is 0.217. The number of nitriles is 1. The third kappa shape index (κ3) is 2.55. The molecule has 1 N–H and O–H groups in total. The van der Waals surface area contributed by atoms with Gasteiger partial charge in [-0.25, -0.2) is 17.9 Å². The summed E-state index contributed by atoms with van der Waals surface area (Å²) in [6.45, 7) is 1.15. The Morgan fingerprint density at radius 2 is 2.05 bits per heavy atom. The molecule has 1 heterocycles. The number of rotatable bonds is 2. The predicted octanol–water partition coefficient (Wildman–Crippen LogP) is 2.77. The largest absolute Gasteiger partial charge is 0.310 e. The first-order valence-electron chi connectivity index (χ1n) is 5.47. The number of amides is 1. The van der Waals surface area contributed by atoms with Gasteiger partial charge in [-0.2, -0.15) is 10.4 Å². The van der Waals surface area contributed by atoms with Crippen molar-refractivity contribution in [1.82, 2.24) is 9.78 Å². The van der Waals surface area contributed by atoms with Crippen molar-refractivity contribution >= 4 is 23.3 Å². The van der Waals surface area contributed by atoms with E-state index in [0.717, 1.165) is 17.7 Å². The Bertz CT molecular complexity index is 782. The van der Waals surface area contributed by atoms with E-state index < -0.39 is 29.0 Å². The maximum Gasteiger partial charge on any atom is 0.222 e. The summed E-state index contributed by atoms with van der Waals surface area (Å²) in [5.74, 6) is -5.39. The summed E-state index contributed by atoms with van der Waals surface area (Å²) in [4.78, 5) is 11.1. The van der Waals surface area contributed by atoms with Crippen LogP contribution in [0.15, 0.2) is 12.1 Å². The lowest BCUT2D eigenvalue weighted by molar-refractivity contribution is -0.114. The van der Waals surface area contributed by atoms with Crippen LogP contribution in [0.3, 0.4) is 0 Å². The average Bonchev–Trinajstić information content (AvgIpc) is 2.73. The van der Waals surface area contributed by atoms with Crippen LogP contribution in [0.2, 0.25) is 5.02 Å². The summed E-state index contributed by atoms with van der Waals surface area (Å²) in [6.07, 6.45) is 0. The zero-order valence-corrected chi connectivity index (χ0v) is 11.2. The maximum atomic E-state index is 13.8. The van der Waals surface area contributed by atoms with Gasteiger partial charge in [0.25, 0.3) is 0 Å². The van der Waals surface area contributed by atoms with Crippen LogP contribution < -0.4 is 5.32 Å². The van der Waals surface area contributed by atoms with E-state index in [1.165, 1.54) is 0 Å². The van der Waals surface area contributed by atoms with Gasteiger partial charge in [0, 0.05) is 6.92 Å². The topological polar surface area (TPSA) is 70.7 Å². The van der Waals surface area contributed by atoms with Crippen molar-refractivity contribution in [2.45, 2.75) is 6.92 Å². The molecule has 0 atom stereocenters. The van der Waals surface area contributed by atoms with Gasteiger partial charge in [-0.3, -0.25) is 4.79 Å². The van der Waals surface area contributed by atoms with Crippen molar-refractivity contribution in [2.24, 2.45) is 0 Å². The molecule has 5 nitrogen and oxygen atoms in total. The summed E-state index contributed by atoms with van der Waals surface area (Å²) in [5, 5.41) is 14.5. The van der Waals surface area contributed by atoms with Crippen molar-refractivity contribution in [1.29, 1.82) is 5.26 Å². The number of hydrogen-bond acceptors (Lipinski definition) is 3. The van der Waals surface area contributed by atoms with E-state index in [1.54, 1.807) is 6.07 Å². The zero-order valence-electron chi connectivity index (χ0n) is 10.4. The van der Waals surface area contributed by atoms with Gasteiger partial charge in [0.1, 0.15) is 16.8 Å². The highest BCUT2D eigenvalue weighted by molar-refractivity contribution is 6.34. The Morgan fingerprint density at radius 1 is 1.38 bits per heavy atom. The third-order valence-corrected chi connectivity index (χ3v) is 2.83. The van der Waals surface area contributed by atoms with Crippen molar-refractivity contribution in [2.75, 3.05) is 5.32 Å². The van der Waals surface area contributed by atoms with Gasteiger partial charge >= 0.3 is 0 Å². The number of benzene rings is 1. The molecule has 0 bridgehead atoms. The molecule has 1 aromatic heterocycles. The molecule has 21 heavy (non-hydrogen) atoms. The fourth-order valence-electron chi connectivity index (χ4n) is 1.60. The van der Waals surface area contributed by atoms with Gasteiger partial charge in [-0.1, -0.05) is 11.6 Å². The van der Waals surface area contributed by atoms with E-state index in [2.05, 4.69) is 10.4 Å². The van der Waals surface area contributed by atoms with Gasteiger partial charge in [-0.15, -0.1) is 0 Å². The van der Waals surface area contributed by atoms with Crippen LogP contribution in [0.25, 0.3) is 5.69 Å². The molecule has 0 radical (unpaired) electrons. The first-order valence-corrected chi connectivity index (χ1v) is 5.84. The second kappa shape index (κ2) is 5.46. The Kier molecular flexibility index (Phi) is 3.86. The quantitative estimate of drug-likeness (QED) is 0.866. The molecule has 1 aromatic carbocycles. The SMILES string of the molecule is CC(=O)Nc1c(Cl)c(C#N)nn1-c1ccc(F)c(F)c1F. The fraction of sp³-hybridized carbons (Fsp3) is 0.0833. The third-order valence-electron chi connectivity index (χ3n) is 2.47. The number of nitrogens with one attached hydrogen (secondary N) is 1. The second-order valence-corrected chi connectivity index (χ2v) is 4.29. The summed E-state index contributed by atoms with van der Waals surface area (Å²) < 4.78 is 40.7. The molecule has 1 amide bonds. The smallest absolute Gasteiger partial charge is 0.222 e. The van der Waals surface area contributed by atoms with E-state index in [0.29, 0.717) is 6.07 Å². The van der Waals surface area contributed by atoms with Crippen molar-refractivity contribution in [3.05, 3.63) is 40.3 Å². The predicted molar refractivity (Wildman–Crippen MR) is 67.5 cm³/mol. The monoisotopic (exact) mass is 314 g/mol. The molecule has 0 aliphatic carbocycles. The Morgan fingerprint density at radius 3 is 2.62 bits per heavy atom. The number of hydrogen-bond donors (Lipinski definition) is 1. The average molecular weight is 315 g/mol. The van der Waals surface area contributed by atoms with E-state index >= 15 is 0 Å². The number of carbonyl (C=O) groups is 1. The molecule has 0 saturated heterocycles. The molecule has 108 valence electrons. The van der Waals surface area contributed by atoms with E-state index in [-0.39, 0.29) is 16.5 Å². The normalized spacial score (nSPS) is 10.3. The minimum atomic E-state index is -1.70. The lowest BCUT2D eigenvalue weighted by Crippen LogP contribution is -2.13. The molecule has 2 rings (SSSR count). The van der Waals surface area contributed by atoms with Crippen LogP contribution >= 0.6 is 11.6 Å². The lowest BCUT2D eigenvalue weighted by Gasteiger charge is -2.09. The Balaban J connectivity index is 2.72. The van der Waals surface area contributed by atoms with Crippen LogP contribution in [0, 0.1) is 28.8 Å². The maximum absolute atomic E-state index is 13.8. The fourth-order valence-corrected chi connectivity index (χ4v) is 1.81. The molecule has 9 heteroatoms. The summed E-state index contributed by atoms with van der Waals surface area (Å²) in [7, 11) is 0. The van der Waals surface area contributed by atoms with Crippen molar-refractivity contribution < 1.29 is 18.0 Å². The highest BCUT2D eigenvalue weighted by Gasteiger charge is 2.22. The Hall–Kier alpha value is -2.53. The molecule has 0 aliphatic heterocycles. The van der Waals surface area contributed by atoms with Gasteiger partial charge < -0.3 is 5.32 Å². The van der Waals surface area contributed by atoms with Crippen molar-refractivity contribution in [3.63, 3.8) is 0 Å². The summed E-state index contributed by atoms with van der Waals surface area (Å²) in [5.41, 5.74) is -0.800. The zero-order chi connectivity index (χ0) is 15.7. The Labute approximate surface area is 121 Å². The lowest BCUT2D eigenvalue weighted by atomic mass is 10.3. The minimum Gasteiger partial charge on any atom is -0.310 e. The molecule has 0 unspecified atom stereocenters. The van der Waals surface area contributed by atoms with Crippen LogP contribution in [0.4, 0.5) is 19.0 Å². The molecule has 2 aromatic rings. The highest BCUT2D eigenvalue weighted by atomic mass is 35.5. The van der Waals surface area contributed by atoms with Crippen LogP contribution in [0.5, 0.6) is 0 Å². The molecular weight excluding hydrogens is 309 g/mol. The van der Waals surface area contributed by atoms with Crippen LogP contribution in [-0.2, 0) is 4.79 Å². The van der Waals surface area contributed by atoms with E-state index in [1.807, 2.05) is 0 Å². The summed E-state index contributed by atoms with van der Waals surface area (Å²) in [6, 6.07) is 3.23. The summed E-state index contributed by atoms with van der Waals surface area (Å²) >= 11 is 5.84. The van der Waals surface area contributed by atoms with Gasteiger partial charge in [-0.05, 0) is 12.1 Å². The van der Waals surface area contributed by atoms with Gasteiger partial charge in [0.15, 0.2) is 29.0 Å². The second-order valence-electron chi connectivity index (χ2n) is 3.91. The number of carbonyl (C=O) groups excluding carboxylic acids is 1. The number of anilines is 1. The number of halogens is 4. The van der Waals surface area contributed by atoms with E-state index in [4.69, 9.17) is 16.9 Å². The number of aromatic nitrogens is 2. The van der Waals surface area contributed by atoms with Gasteiger partial charge in [0.2, 0.25) is 5.91 Å². The van der Waals surface area contributed by atoms with Crippen LogP contribution in [0.1, 0.15) is 12.6 Å². The van der Waals surface area contributed by atoms with Crippen molar-refractivity contribution in [3.8, 4) is 11.8 Å². The number of nitrogens with zero attached hydrogens (tertiary/aromatic N) is 3. The first kappa shape index (κ1) is 14.9. The molecule has 0 spiro atoms.